The number of methoxy groups -OCH3 is 1. The smallest absolute Gasteiger partial charge is 0.326 e. The summed E-state index contributed by atoms with van der Waals surface area (Å²) >= 11 is 0. The van der Waals surface area contributed by atoms with Gasteiger partial charge in [0.2, 0.25) is 0 Å². The summed E-state index contributed by atoms with van der Waals surface area (Å²) in [7, 11) is 1.51. The molecular formula is C13H17N3O4. The summed E-state index contributed by atoms with van der Waals surface area (Å²) in [6.45, 7) is 0.597. The highest BCUT2D eigenvalue weighted by atomic mass is 16.5. The number of amides is 2. The summed E-state index contributed by atoms with van der Waals surface area (Å²) < 4.78 is 5.14. The molecule has 0 bridgehead atoms. The zero-order valence-corrected chi connectivity index (χ0v) is 11.2. The molecule has 7 nitrogen and oxygen atoms in total. The molecule has 1 fully saturated rings. The summed E-state index contributed by atoms with van der Waals surface area (Å²) in [6, 6.07) is 2.37. The van der Waals surface area contributed by atoms with Crippen molar-refractivity contribution in [1.29, 1.82) is 0 Å². The van der Waals surface area contributed by atoms with E-state index in [2.05, 4.69) is 10.3 Å². The van der Waals surface area contributed by atoms with E-state index in [-0.39, 0.29) is 12.6 Å². The maximum atomic E-state index is 12.1. The lowest BCUT2D eigenvalue weighted by molar-refractivity contribution is -0.141. The Kier molecular flexibility index (Phi) is 4.52. The fourth-order valence-corrected chi connectivity index (χ4v) is 2.21. The fourth-order valence-electron chi connectivity index (χ4n) is 2.21. The molecule has 1 aromatic heterocycles. The van der Waals surface area contributed by atoms with Gasteiger partial charge in [-0.2, -0.15) is 0 Å². The van der Waals surface area contributed by atoms with Gasteiger partial charge in [-0.25, -0.2) is 9.59 Å². The number of hydrogen-bond acceptors (Lipinski definition) is 4. The monoisotopic (exact) mass is 279 g/mol. The number of likely N-dealkylation sites (tertiary alicyclic amines) is 1. The lowest BCUT2D eigenvalue weighted by atomic mass is 10.2. The molecule has 2 rings (SSSR count). The molecular weight excluding hydrogens is 262 g/mol. The lowest BCUT2D eigenvalue weighted by Crippen LogP contribution is -2.46. The number of urea groups is 1. The highest BCUT2D eigenvalue weighted by Gasteiger charge is 2.39. The third-order valence-electron chi connectivity index (χ3n) is 3.31. The summed E-state index contributed by atoms with van der Waals surface area (Å²) in [5.41, 5.74) is 0.857. The van der Waals surface area contributed by atoms with Crippen molar-refractivity contribution in [1.82, 2.24) is 15.2 Å². The summed E-state index contributed by atoms with van der Waals surface area (Å²) in [5, 5.41) is 11.8. The van der Waals surface area contributed by atoms with Gasteiger partial charge in [-0.1, -0.05) is 6.07 Å². The first-order valence-electron chi connectivity index (χ1n) is 6.30. The van der Waals surface area contributed by atoms with Gasteiger partial charge in [-0.15, -0.1) is 0 Å². The molecule has 0 aliphatic carbocycles. The Balaban J connectivity index is 1.95. The Bertz CT molecular complexity index is 480. The van der Waals surface area contributed by atoms with Gasteiger partial charge in [-0.05, 0) is 11.6 Å². The molecule has 2 atom stereocenters. The van der Waals surface area contributed by atoms with E-state index in [0.717, 1.165) is 5.56 Å². The van der Waals surface area contributed by atoms with Crippen LogP contribution in [0.25, 0.3) is 0 Å². The number of ether oxygens (including phenoxy) is 1. The van der Waals surface area contributed by atoms with Crippen molar-refractivity contribution in [2.24, 2.45) is 0 Å². The minimum atomic E-state index is -1.01. The molecule has 2 heterocycles. The van der Waals surface area contributed by atoms with Crippen molar-refractivity contribution in [2.75, 3.05) is 13.7 Å². The largest absolute Gasteiger partial charge is 0.480 e. The number of pyridine rings is 1. The number of carboxylic acid groups (broad SMARTS) is 1. The number of carboxylic acids is 1. The van der Waals surface area contributed by atoms with Crippen LogP contribution in [0.2, 0.25) is 0 Å². The van der Waals surface area contributed by atoms with Crippen LogP contribution >= 0.6 is 0 Å². The second-order valence-corrected chi connectivity index (χ2v) is 4.62. The van der Waals surface area contributed by atoms with Crippen molar-refractivity contribution in [3.63, 3.8) is 0 Å². The van der Waals surface area contributed by atoms with Crippen LogP contribution in [0.3, 0.4) is 0 Å². The molecule has 7 heteroatoms. The SMILES string of the molecule is COC1CC(C(=O)O)N(C(=O)NCc2cccnc2)C1. The molecule has 2 N–H and O–H groups in total. The first-order valence-corrected chi connectivity index (χ1v) is 6.30. The average molecular weight is 279 g/mol. The zero-order valence-electron chi connectivity index (χ0n) is 11.2. The zero-order chi connectivity index (χ0) is 14.5. The molecule has 0 spiro atoms. The van der Waals surface area contributed by atoms with Crippen LogP contribution in [0, 0.1) is 0 Å². The summed E-state index contributed by atoms with van der Waals surface area (Å²) in [4.78, 5) is 28.5. The topological polar surface area (TPSA) is 91.8 Å². The Morgan fingerprint density at radius 1 is 1.60 bits per heavy atom. The predicted octanol–water partition coefficient (Wildman–Crippen LogP) is 0.465. The second-order valence-electron chi connectivity index (χ2n) is 4.62. The van der Waals surface area contributed by atoms with Crippen LogP contribution in [0.5, 0.6) is 0 Å². The molecule has 0 radical (unpaired) electrons. The number of carbonyl (C=O) groups excluding carboxylic acids is 1. The molecule has 1 saturated heterocycles. The third kappa shape index (κ3) is 3.24. The number of aliphatic carboxylic acids is 1. The van der Waals surface area contributed by atoms with Gasteiger partial charge >= 0.3 is 12.0 Å². The first-order chi connectivity index (χ1) is 9.61. The normalized spacial score (nSPS) is 21.8. The van der Waals surface area contributed by atoms with E-state index in [0.29, 0.717) is 13.0 Å². The lowest BCUT2D eigenvalue weighted by Gasteiger charge is -2.21. The number of carbonyl (C=O) groups is 2. The third-order valence-corrected chi connectivity index (χ3v) is 3.31. The van der Waals surface area contributed by atoms with Gasteiger partial charge in [-0.3, -0.25) is 4.98 Å². The van der Waals surface area contributed by atoms with E-state index in [9.17, 15) is 9.59 Å². The Morgan fingerprint density at radius 3 is 3.00 bits per heavy atom. The minimum absolute atomic E-state index is 0.236. The van der Waals surface area contributed by atoms with E-state index < -0.39 is 18.0 Å². The number of aromatic nitrogens is 1. The van der Waals surface area contributed by atoms with E-state index in [4.69, 9.17) is 9.84 Å². The Labute approximate surface area is 116 Å². The van der Waals surface area contributed by atoms with Gasteiger partial charge in [0.1, 0.15) is 6.04 Å². The minimum Gasteiger partial charge on any atom is -0.480 e. The van der Waals surface area contributed by atoms with Crippen molar-refractivity contribution < 1.29 is 19.4 Å². The van der Waals surface area contributed by atoms with Gasteiger partial charge in [0.25, 0.3) is 0 Å². The van der Waals surface area contributed by atoms with E-state index >= 15 is 0 Å². The van der Waals surface area contributed by atoms with Crippen molar-refractivity contribution >= 4 is 12.0 Å². The quantitative estimate of drug-likeness (QED) is 0.835. The van der Waals surface area contributed by atoms with Crippen molar-refractivity contribution in [2.45, 2.75) is 25.1 Å². The van der Waals surface area contributed by atoms with Gasteiger partial charge < -0.3 is 20.1 Å². The maximum absolute atomic E-state index is 12.1. The van der Waals surface area contributed by atoms with Gasteiger partial charge in [0.05, 0.1) is 6.10 Å². The van der Waals surface area contributed by atoms with Crippen molar-refractivity contribution in [3.8, 4) is 0 Å². The molecule has 1 aromatic rings. The molecule has 2 amide bonds. The molecule has 0 aromatic carbocycles. The number of hydrogen-bond donors (Lipinski definition) is 2. The van der Waals surface area contributed by atoms with Gasteiger partial charge in [0, 0.05) is 39.0 Å². The second kappa shape index (κ2) is 6.33. The molecule has 0 saturated carbocycles. The van der Waals surface area contributed by atoms with Crippen molar-refractivity contribution in [3.05, 3.63) is 30.1 Å². The summed E-state index contributed by atoms with van der Waals surface area (Å²) in [5.74, 6) is -1.01. The predicted molar refractivity (Wildman–Crippen MR) is 70.0 cm³/mol. The summed E-state index contributed by atoms with van der Waals surface area (Å²) in [6.07, 6.45) is 3.37. The number of nitrogens with one attached hydrogen (secondary N) is 1. The van der Waals surface area contributed by atoms with Crippen LogP contribution < -0.4 is 5.32 Å². The molecule has 108 valence electrons. The number of nitrogens with zero attached hydrogens (tertiary/aromatic N) is 2. The average Bonchev–Trinajstić information content (AvgIpc) is 2.90. The molecule has 1 aliphatic heterocycles. The molecule has 20 heavy (non-hydrogen) atoms. The van der Waals surface area contributed by atoms with Crippen LogP contribution in [0.1, 0.15) is 12.0 Å². The van der Waals surface area contributed by atoms with Crippen LogP contribution in [-0.2, 0) is 16.1 Å². The Hall–Kier alpha value is -2.15. The first kappa shape index (κ1) is 14.3. The van der Waals surface area contributed by atoms with Crippen LogP contribution in [0.15, 0.2) is 24.5 Å². The van der Waals surface area contributed by atoms with Gasteiger partial charge in [0.15, 0.2) is 0 Å². The van der Waals surface area contributed by atoms with Crippen LogP contribution in [0.4, 0.5) is 4.79 Å². The standard InChI is InChI=1S/C13H17N3O4/c1-20-10-5-11(12(17)18)16(8-10)13(19)15-7-9-3-2-4-14-6-9/h2-4,6,10-11H,5,7-8H2,1H3,(H,15,19)(H,17,18). The fraction of sp³-hybridized carbons (Fsp3) is 0.462. The van der Waals surface area contributed by atoms with E-state index in [1.54, 1.807) is 18.5 Å². The maximum Gasteiger partial charge on any atom is 0.326 e. The highest BCUT2D eigenvalue weighted by Crippen LogP contribution is 2.20. The highest BCUT2D eigenvalue weighted by molar-refractivity contribution is 5.83. The van der Waals surface area contributed by atoms with Crippen LogP contribution in [-0.4, -0.2) is 52.8 Å². The molecule has 1 aliphatic rings. The molecule has 2 unspecified atom stereocenters. The number of rotatable bonds is 4. The van der Waals surface area contributed by atoms with E-state index in [1.807, 2.05) is 6.07 Å². The van der Waals surface area contributed by atoms with E-state index in [1.165, 1.54) is 12.0 Å². The Morgan fingerprint density at radius 2 is 2.40 bits per heavy atom.